The Kier molecular flexibility index (Phi) is 8.13. The van der Waals surface area contributed by atoms with E-state index in [1.54, 1.807) is 13.2 Å². The smallest absolute Gasteiger partial charge is 0.234 e. The molecule has 31 heavy (non-hydrogen) atoms. The number of para-hydroxylation sites is 2. The summed E-state index contributed by atoms with van der Waals surface area (Å²) >= 11 is 4.74. The summed E-state index contributed by atoms with van der Waals surface area (Å²) in [6.07, 6.45) is 1.76. The zero-order valence-corrected chi connectivity index (χ0v) is 19.7. The number of rotatable bonds is 10. The van der Waals surface area contributed by atoms with Crippen LogP contribution >= 0.6 is 27.7 Å². The predicted molar refractivity (Wildman–Crippen MR) is 126 cm³/mol. The summed E-state index contributed by atoms with van der Waals surface area (Å²) in [6, 6.07) is 13.1. The van der Waals surface area contributed by atoms with Crippen LogP contribution in [-0.2, 0) is 17.9 Å². The van der Waals surface area contributed by atoms with Crippen molar-refractivity contribution in [1.29, 1.82) is 0 Å². The van der Waals surface area contributed by atoms with Gasteiger partial charge in [0.2, 0.25) is 5.91 Å². The van der Waals surface area contributed by atoms with E-state index < -0.39 is 0 Å². The van der Waals surface area contributed by atoms with Gasteiger partial charge in [0.25, 0.3) is 0 Å². The van der Waals surface area contributed by atoms with Gasteiger partial charge < -0.3 is 14.8 Å². The Morgan fingerprint density at radius 3 is 2.74 bits per heavy atom. The van der Waals surface area contributed by atoms with Crippen LogP contribution in [0.25, 0.3) is 0 Å². The molecule has 3 rings (SSSR count). The summed E-state index contributed by atoms with van der Waals surface area (Å²) in [5, 5.41) is 12.0. The van der Waals surface area contributed by atoms with Crippen LogP contribution in [0.4, 0.5) is 5.69 Å². The maximum Gasteiger partial charge on any atom is 0.234 e. The number of ether oxygens (including phenoxy) is 2. The van der Waals surface area contributed by atoms with Gasteiger partial charge in [0.05, 0.1) is 12.9 Å². The van der Waals surface area contributed by atoms with Gasteiger partial charge in [-0.2, -0.15) is 0 Å². The molecule has 0 aliphatic rings. The maximum absolute atomic E-state index is 12.4. The van der Waals surface area contributed by atoms with Gasteiger partial charge in [-0.3, -0.25) is 9.36 Å². The molecule has 1 N–H and O–H groups in total. The lowest BCUT2D eigenvalue weighted by Crippen LogP contribution is -2.15. The Hall–Kier alpha value is -2.78. The highest BCUT2D eigenvalue weighted by atomic mass is 79.9. The normalized spacial score (nSPS) is 10.5. The van der Waals surface area contributed by atoms with Gasteiger partial charge in [0.15, 0.2) is 22.5 Å². The number of halogens is 1. The number of allylic oxidation sites excluding steroid dienone is 1. The molecular formula is C22H23BrN4O3S. The van der Waals surface area contributed by atoms with Gasteiger partial charge in [0, 0.05) is 16.7 Å². The number of hydrogen-bond acceptors (Lipinski definition) is 6. The van der Waals surface area contributed by atoms with E-state index >= 15 is 0 Å². The molecule has 2 aromatic carbocycles. The summed E-state index contributed by atoms with van der Waals surface area (Å²) in [7, 11) is 1.60. The van der Waals surface area contributed by atoms with Crippen molar-refractivity contribution in [3.8, 4) is 11.5 Å². The molecule has 0 radical (unpaired) electrons. The largest absolute Gasteiger partial charge is 0.493 e. The Morgan fingerprint density at radius 1 is 1.26 bits per heavy atom. The predicted octanol–water partition coefficient (Wildman–Crippen LogP) is 4.85. The van der Waals surface area contributed by atoms with E-state index in [4.69, 9.17) is 9.47 Å². The van der Waals surface area contributed by atoms with E-state index in [2.05, 4.69) is 38.0 Å². The second-order valence-electron chi connectivity index (χ2n) is 6.53. The minimum Gasteiger partial charge on any atom is -0.493 e. The molecule has 3 aromatic rings. The number of amides is 1. The van der Waals surface area contributed by atoms with Crippen LogP contribution in [0.2, 0.25) is 0 Å². The minimum absolute atomic E-state index is 0.115. The third-order valence-corrected chi connectivity index (χ3v) is 5.79. The number of nitrogens with one attached hydrogen (secondary N) is 1. The molecule has 162 valence electrons. The first kappa shape index (κ1) is 22.9. The van der Waals surface area contributed by atoms with Crippen LogP contribution in [0.3, 0.4) is 0 Å². The molecule has 0 atom stereocenters. The zero-order valence-electron chi connectivity index (χ0n) is 17.3. The van der Waals surface area contributed by atoms with Crippen LogP contribution in [-0.4, -0.2) is 33.5 Å². The Labute approximate surface area is 194 Å². The monoisotopic (exact) mass is 502 g/mol. The highest BCUT2D eigenvalue weighted by molar-refractivity contribution is 9.10. The molecule has 0 saturated heterocycles. The van der Waals surface area contributed by atoms with E-state index in [9.17, 15) is 4.79 Å². The van der Waals surface area contributed by atoms with Gasteiger partial charge in [-0.1, -0.05) is 45.9 Å². The average Bonchev–Trinajstić information content (AvgIpc) is 3.15. The minimum atomic E-state index is -0.115. The SMILES string of the molecule is C=CCn1c(COc2ccccc2OC)nnc1SCC(=O)Nc1ccc(Br)cc1C. The first-order chi connectivity index (χ1) is 15.0. The molecule has 1 heterocycles. The van der Waals surface area contributed by atoms with Crippen molar-refractivity contribution in [2.24, 2.45) is 0 Å². The van der Waals surface area contributed by atoms with Gasteiger partial charge in [-0.15, -0.1) is 16.8 Å². The van der Waals surface area contributed by atoms with Crippen molar-refractivity contribution < 1.29 is 14.3 Å². The van der Waals surface area contributed by atoms with Crippen molar-refractivity contribution in [1.82, 2.24) is 14.8 Å². The molecule has 0 bridgehead atoms. The van der Waals surface area contributed by atoms with Crippen molar-refractivity contribution in [3.05, 3.63) is 71.0 Å². The van der Waals surface area contributed by atoms with E-state index in [-0.39, 0.29) is 18.3 Å². The number of hydrogen-bond donors (Lipinski definition) is 1. The highest BCUT2D eigenvalue weighted by Gasteiger charge is 2.15. The van der Waals surface area contributed by atoms with Crippen LogP contribution < -0.4 is 14.8 Å². The fourth-order valence-electron chi connectivity index (χ4n) is 2.81. The number of carbonyl (C=O) groups is 1. The molecular weight excluding hydrogens is 480 g/mol. The molecule has 0 aliphatic carbocycles. The van der Waals surface area contributed by atoms with Gasteiger partial charge in [-0.05, 0) is 42.8 Å². The molecule has 0 spiro atoms. The number of nitrogens with zero attached hydrogens (tertiary/aromatic N) is 3. The van der Waals surface area contributed by atoms with Crippen molar-refractivity contribution in [2.45, 2.75) is 25.2 Å². The standard InChI is InChI=1S/C22H23BrN4O3S/c1-4-11-27-20(13-30-19-8-6-5-7-18(19)29-3)25-26-22(27)31-14-21(28)24-17-10-9-16(23)12-15(17)2/h4-10,12H,1,11,13-14H2,2-3H3,(H,24,28). The molecule has 0 unspecified atom stereocenters. The first-order valence-corrected chi connectivity index (χ1v) is 11.3. The molecule has 0 saturated carbocycles. The summed E-state index contributed by atoms with van der Waals surface area (Å²) in [5.74, 6) is 1.99. The number of thioether (sulfide) groups is 1. The van der Waals surface area contributed by atoms with Crippen molar-refractivity contribution >= 4 is 39.3 Å². The van der Waals surface area contributed by atoms with Crippen molar-refractivity contribution in [3.63, 3.8) is 0 Å². The van der Waals surface area contributed by atoms with Crippen LogP contribution in [0.5, 0.6) is 11.5 Å². The van der Waals surface area contributed by atoms with E-state index in [0.29, 0.717) is 29.0 Å². The fourth-order valence-corrected chi connectivity index (χ4v) is 4.05. The quantitative estimate of drug-likeness (QED) is 0.315. The summed E-state index contributed by atoms with van der Waals surface area (Å²) in [6.45, 7) is 6.47. The number of anilines is 1. The van der Waals surface area contributed by atoms with Crippen LogP contribution in [0, 0.1) is 6.92 Å². The third-order valence-electron chi connectivity index (χ3n) is 4.33. The van der Waals surface area contributed by atoms with Gasteiger partial charge in [0.1, 0.15) is 6.61 Å². The summed E-state index contributed by atoms with van der Waals surface area (Å²) in [5.41, 5.74) is 1.77. The Morgan fingerprint density at radius 2 is 2.03 bits per heavy atom. The molecule has 1 aromatic heterocycles. The number of benzene rings is 2. The van der Waals surface area contributed by atoms with Crippen LogP contribution in [0.15, 0.2) is 64.7 Å². The lowest BCUT2D eigenvalue weighted by molar-refractivity contribution is -0.113. The highest BCUT2D eigenvalue weighted by Crippen LogP contribution is 2.27. The summed E-state index contributed by atoms with van der Waals surface area (Å²) in [4.78, 5) is 12.4. The number of aryl methyl sites for hydroxylation is 1. The molecule has 9 heteroatoms. The topological polar surface area (TPSA) is 78.3 Å². The van der Waals surface area contributed by atoms with Crippen molar-refractivity contribution in [2.75, 3.05) is 18.2 Å². The van der Waals surface area contributed by atoms with Gasteiger partial charge in [-0.25, -0.2) is 0 Å². The second-order valence-corrected chi connectivity index (χ2v) is 8.39. The zero-order chi connectivity index (χ0) is 22.2. The lowest BCUT2D eigenvalue weighted by atomic mass is 10.2. The molecule has 1 amide bonds. The number of carbonyl (C=O) groups excluding carboxylic acids is 1. The second kappa shape index (κ2) is 11.0. The molecule has 7 nitrogen and oxygen atoms in total. The number of methoxy groups -OCH3 is 1. The molecule has 0 fully saturated rings. The third kappa shape index (κ3) is 6.11. The summed E-state index contributed by atoms with van der Waals surface area (Å²) < 4.78 is 14.0. The fraction of sp³-hybridized carbons (Fsp3) is 0.227. The maximum atomic E-state index is 12.4. The van der Waals surface area contributed by atoms with E-state index in [1.807, 2.05) is 54.0 Å². The van der Waals surface area contributed by atoms with E-state index in [1.165, 1.54) is 11.8 Å². The first-order valence-electron chi connectivity index (χ1n) is 9.49. The Balaban J connectivity index is 1.64. The average molecular weight is 503 g/mol. The molecule has 0 aliphatic heterocycles. The van der Waals surface area contributed by atoms with Gasteiger partial charge >= 0.3 is 0 Å². The Bertz CT molecular complexity index is 1070. The number of aromatic nitrogens is 3. The van der Waals surface area contributed by atoms with E-state index in [0.717, 1.165) is 15.7 Å². The van der Waals surface area contributed by atoms with Crippen LogP contribution in [0.1, 0.15) is 11.4 Å². The lowest BCUT2D eigenvalue weighted by Gasteiger charge is -2.11.